The van der Waals surface area contributed by atoms with Gasteiger partial charge in [-0.1, -0.05) is 29.3 Å². The second-order valence-corrected chi connectivity index (χ2v) is 7.92. The zero-order valence-corrected chi connectivity index (χ0v) is 17.0. The van der Waals surface area contributed by atoms with Crippen LogP contribution in [0.1, 0.15) is 24.1 Å². The third-order valence-electron chi connectivity index (χ3n) is 5.24. The van der Waals surface area contributed by atoms with E-state index in [1.165, 1.54) is 35.0 Å². The SMILES string of the molecule is N=C(N)NCCn1c2c(c3ccc(Nc4ccc(Cl)c(Cl)c4)cc31)CCCC2. The van der Waals surface area contributed by atoms with Crippen LogP contribution in [0.25, 0.3) is 10.9 Å². The van der Waals surface area contributed by atoms with Crippen LogP contribution >= 0.6 is 23.2 Å². The van der Waals surface area contributed by atoms with Crippen molar-refractivity contribution in [2.24, 2.45) is 5.73 Å². The van der Waals surface area contributed by atoms with Gasteiger partial charge >= 0.3 is 0 Å². The molecule has 1 aromatic heterocycles. The first-order valence-corrected chi connectivity index (χ1v) is 10.2. The molecule has 5 nitrogen and oxygen atoms in total. The van der Waals surface area contributed by atoms with E-state index in [4.69, 9.17) is 34.3 Å². The molecule has 2 aromatic carbocycles. The fourth-order valence-corrected chi connectivity index (χ4v) is 4.31. The normalized spacial score (nSPS) is 13.4. The highest BCUT2D eigenvalue weighted by atomic mass is 35.5. The molecule has 0 spiro atoms. The summed E-state index contributed by atoms with van der Waals surface area (Å²) < 4.78 is 2.37. The summed E-state index contributed by atoms with van der Waals surface area (Å²) in [5.41, 5.74) is 11.4. The fourth-order valence-electron chi connectivity index (χ4n) is 4.01. The monoisotopic (exact) mass is 415 g/mol. The van der Waals surface area contributed by atoms with Gasteiger partial charge in [-0.05, 0) is 61.6 Å². The summed E-state index contributed by atoms with van der Waals surface area (Å²) in [5, 5.41) is 16.1. The van der Waals surface area contributed by atoms with E-state index >= 15 is 0 Å². The number of nitrogens with one attached hydrogen (secondary N) is 3. The number of benzene rings is 2. The number of nitrogens with zero attached hydrogens (tertiary/aromatic N) is 1. The highest BCUT2D eigenvalue weighted by molar-refractivity contribution is 6.42. The Hall–Kier alpha value is -2.37. The number of halogens is 2. The number of guanidine groups is 1. The molecule has 1 aliphatic rings. The summed E-state index contributed by atoms with van der Waals surface area (Å²) in [5.74, 6) is 0.00676. The minimum atomic E-state index is 0.00676. The Balaban J connectivity index is 1.70. The molecule has 4 rings (SSSR count). The van der Waals surface area contributed by atoms with Gasteiger partial charge in [-0.15, -0.1) is 0 Å². The zero-order chi connectivity index (χ0) is 19.7. The van der Waals surface area contributed by atoms with Crippen LogP contribution in [0.15, 0.2) is 36.4 Å². The standard InChI is InChI=1S/C21H23Cl2N5/c22-17-8-6-13(11-18(17)23)27-14-5-7-16-15-3-1-2-4-19(15)28(20(16)12-14)10-9-26-21(24)25/h5-8,11-12,27H,1-4,9-10H2,(H4,24,25,26). The van der Waals surface area contributed by atoms with Crippen LogP contribution in [0, 0.1) is 5.41 Å². The molecule has 7 heteroatoms. The lowest BCUT2D eigenvalue weighted by molar-refractivity contribution is 0.606. The summed E-state index contributed by atoms with van der Waals surface area (Å²) in [6, 6.07) is 12.0. The van der Waals surface area contributed by atoms with E-state index in [1.54, 1.807) is 6.07 Å². The first kappa shape index (κ1) is 19.0. The van der Waals surface area contributed by atoms with E-state index in [-0.39, 0.29) is 5.96 Å². The molecule has 0 atom stereocenters. The number of nitrogens with two attached hydrogens (primary N) is 1. The molecule has 5 N–H and O–H groups in total. The van der Waals surface area contributed by atoms with Crippen molar-refractivity contribution in [2.75, 3.05) is 11.9 Å². The second-order valence-electron chi connectivity index (χ2n) is 7.11. The lowest BCUT2D eigenvalue weighted by Crippen LogP contribution is -2.33. The highest BCUT2D eigenvalue weighted by Gasteiger charge is 2.20. The average molecular weight is 416 g/mol. The Morgan fingerprint density at radius 2 is 1.79 bits per heavy atom. The molecule has 0 saturated heterocycles. The minimum absolute atomic E-state index is 0.00676. The topological polar surface area (TPSA) is 78.9 Å². The minimum Gasteiger partial charge on any atom is -0.370 e. The van der Waals surface area contributed by atoms with Crippen LogP contribution in [-0.2, 0) is 19.4 Å². The molecule has 0 aliphatic heterocycles. The van der Waals surface area contributed by atoms with E-state index in [0.717, 1.165) is 30.8 Å². The Kier molecular flexibility index (Phi) is 5.38. The van der Waals surface area contributed by atoms with E-state index in [0.29, 0.717) is 16.6 Å². The largest absolute Gasteiger partial charge is 0.370 e. The predicted octanol–water partition coefficient (Wildman–Crippen LogP) is 5.05. The molecule has 1 heterocycles. The average Bonchev–Trinajstić information content (AvgIpc) is 2.98. The van der Waals surface area contributed by atoms with Crippen molar-refractivity contribution in [1.29, 1.82) is 5.41 Å². The summed E-state index contributed by atoms with van der Waals surface area (Å²) in [7, 11) is 0. The van der Waals surface area contributed by atoms with Crippen LogP contribution in [0.2, 0.25) is 10.0 Å². The van der Waals surface area contributed by atoms with Crippen LogP contribution in [-0.4, -0.2) is 17.1 Å². The van der Waals surface area contributed by atoms with Gasteiger partial charge in [0.25, 0.3) is 0 Å². The lowest BCUT2D eigenvalue weighted by atomic mass is 9.95. The molecule has 146 valence electrons. The van der Waals surface area contributed by atoms with Gasteiger partial charge in [0.05, 0.1) is 15.6 Å². The zero-order valence-electron chi connectivity index (χ0n) is 15.5. The van der Waals surface area contributed by atoms with Crippen molar-refractivity contribution in [3.63, 3.8) is 0 Å². The van der Waals surface area contributed by atoms with Crippen molar-refractivity contribution in [2.45, 2.75) is 32.2 Å². The fraction of sp³-hybridized carbons (Fsp3) is 0.286. The first-order chi connectivity index (χ1) is 13.5. The molecule has 0 unspecified atom stereocenters. The Morgan fingerprint density at radius 3 is 2.57 bits per heavy atom. The van der Waals surface area contributed by atoms with Gasteiger partial charge in [0, 0.05) is 35.5 Å². The van der Waals surface area contributed by atoms with E-state index in [1.807, 2.05) is 12.1 Å². The van der Waals surface area contributed by atoms with Crippen molar-refractivity contribution in [1.82, 2.24) is 9.88 Å². The van der Waals surface area contributed by atoms with Crippen LogP contribution in [0.3, 0.4) is 0 Å². The van der Waals surface area contributed by atoms with Gasteiger partial charge in [-0.3, -0.25) is 5.41 Å². The molecular weight excluding hydrogens is 393 g/mol. The van der Waals surface area contributed by atoms with E-state index in [9.17, 15) is 0 Å². The maximum atomic E-state index is 7.39. The van der Waals surface area contributed by atoms with Gasteiger partial charge in [0.1, 0.15) is 0 Å². The van der Waals surface area contributed by atoms with Gasteiger partial charge in [-0.2, -0.15) is 0 Å². The van der Waals surface area contributed by atoms with Crippen molar-refractivity contribution < 1.29 is 0 Å². The van der Waals surface area contributed by atoms with Crippen LogP contribution < -0.4 is 16.4 Å². The van der Waals surface area contributed by atoms with Crippen molar-refractivity contribution in [3.05, 3.63) is 57.7 Å². The molecule has 0 saturated carbocycles. The highest BCUT2D eigenvalue weighted by Crippen LogP contribution is 2.34. The number of hydrogen-bond acceptors (Lipinski definition) is 2. The van der Waals surface area contributed by atoms with Crippen LogP contribution in [0.4, 0.5) is 11.4 Å². The third kappa shape index (κ3) is 3.77. The Labute approximate surface area is 174 Å². The number of aromatic nitrogens is 1. The molecule has 28 heavy (non-hydrogen) atoms. The molecule has 0 amide bonds. The van der Waals surface area contributed by atoms with Gasteiger partial charge in [0.2, 0.25) is 0 Å². The molecule has 1 aliphatic carbocycles. The number of aryl methyl sites for hydroxylation is 1. The summed E-state index contributed by atoms with van der Waals surface area (Å²) >= 11 is 12.2. The van der Waals surface area contributed by atoms with E-state index in [2.05, 4.69) is 33.4 Å². The quantitative estimate of drug-likeness (QED) is 0.347. The molecular formula is C21H23Cl2N5. The second kappa shape index (κ2) is 7.94. The first-order valence-electron chi connectivity index (χ1n) is 9.47. The number of rotatable bonds is 5. The van der Waals surface area contributed by atoms with Crippen molar-refractivity contribution >= 4 is 51.4 Å². The maximum Gasteiger partial charge on any atom is 0.185 e. The molecule has 3 aromatic rings. The smallest absolute Gasteiger partial charge is 0.185 e. The van der Waals surface area contributed by atoms with Crippen LogP contribution in [0.5, 0.6) is 0 Å². The number of fused-ring (bicyclic) bond motifs is 3. The van der Waals surface area contributed by atoms with Crippen molar-refractivity contribution in [3.8, 4) is 0 Å². The molecule has 0 radical (unpaired) electrons. The summed E-state index contributed by atoms with van der Waals surface area (Å²) in [6.07, 6.45) is 4.68. The number of anilines is 2. The molecule has 0 bridgehead atoms. The third-order valence-corrected chi connectivity index (χ3v) is 5.98. The van der Waals surface area contributed by atoms with Gasteiger partial charge in [0.15, 0.2) is 5.96 Å². The summed E-state index contributed by atoms with van der Waals surface area (Å²) in [6.45, 7) is 1.41. The summed E-state index contributed by atoms with van der Waals surface area (Å²) in [4.78, 5) is 0. The van der Waals surface area contributed by atoms with Gasteiger partial charge < -0.3 is 20.9 Å². The van der Waals surface area contributed by atoms with Gasteiger partial charge in [-0.25, -0.2) is 0 Å². The Morgan fingerprint density at radius 1 is 1.04 bits per heavy atom. The lowest BCUT2D eigenvalue weighted by Gasteiger charge is -2.16. The molecule has 0 fully saturated rings. The predicted molar refractivity (Wildman–Crippen MR) is 118 cm³/mol. The maximum absolute atomic E-state index is 7.39. The Bertz CT molecular complexity index is 1040. The van der Waals surface area contributed by atoms with E-state index < -0.39 is 0 Å². The number of hydrogen-bond donors (Lipinski definition) is 4.